The molecular formula is C22H22N2O2. The van der Waals surface area contributed by atoms with Gasteiger partial charge in [-0.1, -0.05) is 31.4 Å². The summed E-state index contributed by atoms with van der Waals surface area (Å²) >= 11 is 0. The van der Waals surface area contributed by atoms with Gasteiger partial charge < -0.3 is 9.47 Å². The van der Waals surface area contributed by atoms with Crippen LogP contribution in [0.4, 0.5) is 0 Å². The largest absolute Gasteiger partial charge is 0.388 e. The minimum Gasteiger partial charge on any atom is -0.388 e. The van der Waals surface area contributed by atoms with E-state index >= 15 is 0 Å². The summed E-state index contributed by atoms with van der Waals surface area (Å²) < 4.78 is 9.98. The molecule has 1 fully saturated rings. The van der Waals surface area contributed by atoms with Crippen molar-refractivity contribution in [2.75, 3.05) is 0 Å². The van der Waals surface area contributed by atoms with Crippen LogP contribution in [0.2, 0.25) is 0 Å². The molecule has 4 nitrogen and oxygen atoms in total. The number of rotatable bonds is 4. The van der Waals surface area contributed by atoms with Crippen LogP contribution in [0.1, 0.15) is 54.4 Å². The van der Waals surface area contributed by atoms with Crippen LogP contribution in [-0.4, -0.2) is 0 Å². The van der Waals surface area contributed by atoms with Crippen LogP contribution in [0.15, 0.2) is 36.4 Å². The van der Waals surface area contributed by atoms with Gasteiger partial charge in [0, 0.05) is 5.41 Å². The Balaban J connectivity index is 2.11. The Kier molecular flexibility index (Phi) is 5.14. The maximum absolute atomic E-state index is 8.76. The summed E-state index contributed by atoms with van der Waals surface area (Å²) in [7, 11) is 0. The van der Waals surface area contributed by atoms with Crippen molar-refractivity contribution in [3.63, 3.8) is 0 Å². The van der Waals surface area contributed by atoms with Gasteiger partial charge >= 0.3 is 0 Å². The van der Waals surface area contributed by atoms with Crippen molar-refractivity contribution in [3.05, 3.63) is 58.7 Å². The number of ether oxygens (including phenoxy) is 2. The second-order valence-electron chi connectivity index (χ2n) is 6.98. The molecule has 4 heteroatoms. The first-order valence-electron chi connectivity index (χ1n) is 8.95. The SMILES string of the molecule is Cc1cc(OC#N)ccc1C1(c2ccc(OC#N)cc2C)CCCCC1. The van der Waals surface area contributed by atoms with E-state index in [1.165, 1.54) is 30.4 Å². The molecule has 0 bridgehead atoms. The monoisotopic (exact) mass is 346 g/mol. The molecule has 0 radical (unpaired) electrons. The Hall–Kier alpha value is -2.98. The second kappa shape index (κ2) is 7.50. The molecule has 2 aromatic carbocycles. The van der Waals surface area contributed by atoms with E-state index in [2.05, 4.69) is 26.0 Å². The van der Waals surface area contributed by atoms with Gasteiger partial charge in [-0.2, -0.15) is 0 Å². The minimum atomic E-state index is -0.0528. The number of nitriles is 2. The van der Waals surface area contributed by atoms with E-state index in [1.807, 2.05) is 24.3 Å². The molecule has 3 rings (SSSR count). The molecular weight excluding hydrogens is 324 g/mol. The smallest absolute Gasteiger partial charge is 0.292 e. The third kappa shape index (κ3) is 3.24. The molecule has 0 unspecified atom stereocenters. The zero-order valence-electron chi connectivity index (χ0n) is 15.2. The van der Waals surface area contributed by atoms with Crippen molar-refractivity contribution in [1.82, 2.24) is 0 Å². The van der Waals surface area contributed by atoms with Crippen molar-refractivity contribution in [1.29, 1.82) is 10.5 Å². The first kappa shape index (κ1) is 17.8. The average Bonchev–Trinajstić information content (AvgIpc) is 2.63. The summed E-state index contributed by atoms with van der Waals surface area (Å²) in [6, 6.07) is 11.8. The first-order chi connectivity index (χ1) is 12.6. The summed E-state index contributed by atoms with van der Waals surface area (Å²) in [5, 5.41) is 17.5. The molecule has 0 aliphatic heterocycles. The van der Waals surface area contributed by atoms with Gasteiger partial charge in [0.1, 0.15) is 11.5 Å². The predicted molar refractivity (Wildman–Crippen MR) is 98.7 cm³/mol. The summed E-state index contributed by atoms with van der Waals surface area (Å²) in [5.74, 6) is 1.16. The van der Waals surface area contributed by atoms with Gasteiger partial charge in [-0.15, -0.1) is 10.5 Å². The van der Waals surface area contributed by atoms with Gasteiger partial charge in [-0.3, -0.25) is 0 Å². The number of nitrogens with zero attached hydrogens (tertiary/aromatic N) is 2. The van der Waals surface area contributed by atoms with Crippen molar-refractivity contribution >= 4 is 0 Å². The number of hydrogen-bond acceptors (Lipinski definition) is 4. The van der Waals surface area contributed by atoms with E-state index in [9.17, 15) is 0 Å². The van der Waals surface area contributed by atoms with Crippen LogP contribution in [0, 0.1) is 36.9 Å². The van der Waals surface area contributed by atoms with Gasteiger partial charge in [-0.25, -0.2) is 0 Å². The molecule has 0 N–H and O–H groups in total. The van der Waals surface area contributed by atoms with Crippen molar-refractivity contribution in [2.24, 2.45) is 0 Å². The van der Waals surface area contributed by atoms with Crippen LogP contribution in [0.25, 0.3) is 0 Å². The Bertz CT molecular complexity index is 816. The summed E-state index contributed by atoms with van der Waals surface area (Å²) in [5.41, 5.74) is 4.80. The van der Waals surface area contributed by atoms with Crippen LogP contribution in [0.5, 0.6) is 11.5 Å². The third-order valence-electron chi connectivity index (χ3n) is 5.46. The van der Waals surface area contributed by atoms with Crippen molar-refractivity contribution in [2.45, 2.75) is 51.4 Å². The fourth-order valence-electron chi connectivity index (χ4n) is 4.42. The summed E-state index contributed by atoms with van der Waals surface area (Å²) in [6.45, 7) is 4.16. The maximum atomic E-state index is 8.76. The van der Waals surface area contributed by atoms with Crippen LogP contribution in [0.3, 0.4) is 0 Å². The second-order valence-corrected chi connectivity index (χ2v) is 6.98. The Labute approximate surface area is 154 Å². The van der Waals surface area contributed by atoms with Crippen molar-refractivity contribution in [3.8, 4) is 24.0 Å². The molecule has 26 heavy (non-hydrogen) atoms. The lowest BCUT2D eigenvalue weighted by Gasteiger charge is -2.40. The van der Waals surface area contributed by atoms with Gasteiger partial charge in [-0.05, 0) is 73.2 Å². The first-order valence-corrected chi connectivity index (χ1v) is 8.95. The van der Waals surface area contributed by atoms with E-state index in [4.69, 9.17) is 20.0 Å². The van der Waals surface area contributed by atoms with E-state index in [1.54, 1.807) is 12.5 Å². The maximum Gasteiger partial charge on any atom is 0.292 e. The van der Waals surface area contributed by atoms with Gasteiger partial charge in [0.05, 0.1) is 0 Å². The third-order valence-corrected chi connectivity index (χ3v) is 5.46. The quantitative estimate of drug-likeness (QED) is 0.707. The lowest BCUT2D eigenvalue weighted by molar-refractivity contribution is 0.343. The molecule has 0 spiro atoms. The Morgan fingerprint density at radius 3 is 1.62 bits per heavy atom. The lowest BCUT2D eigenvalue weighted by Crippen LogP contribution is -2.32. The molecule has 0 heterocycles. The molecule has 2 aromatic rings. The highest BCUT2D eigenvalue weighted by atomic mass is 16.5. The molecule has 0 amide bonds. The lowest BCUT2D eigenvalue weighted by atomic mass is 9.63. The van der Waals surface area contributed by atoms with Gasteiger partial charge in [0.15, 0.2) is 0 Å². The zero-order valence-corrected chi connectivity index (χ0v) is 15.2. The predicted octanol–water partition coefficient (Wildman–Crippen LogP) is 5.27. The highest BCUT2D eigenvalue weighted by Gasteiger charge is 2.37. The number of hydrogen-bond donors (Lipinski definition) is 0. The molecule has 0 atom stereocenters. The average molecular weight is 346 g/mol. The summed E-state index contributed by atoms with van der Waals surface area (Å²) in [6.07, 6.45) is 9.28. The molecule has 1 aliphatic carbocycles. The molecule has 132 valence electrons. The standard InChI is InChI=1S/C22H22N2O2/c1-16-12-18(25-14-23)6-8-20(16)22(10-4-3-5-11-22)21-9-7-19(26-15-24)13-17(21)2/h6-9,12-13H,3-5,10-11H2,1-2H3. The topological polar surface area (TPSA) is 66.0 Å². The molecule has 0 aromatic heterocycles. The normalized spacial score (nSPS) is 15.5. The molecule has 0 saturated heterocycles. The van der Waals surface area contributed by atoms with E-state index in [0.717, 1.165) is 24.0 Å². The highest BCUT2D eigenvalue weighted by Crippen LogP contribution is 2.48. The molecule has 1 saturated carbocycles. The van der Waals surface area contributed by atoms with Crippen LogP contribution < -0.4 is 9.47 Å². The van der Waals surface area contributed by atoms with E-state index in [0.29, 0.717) is 11.5 Å². The zero-order chi connectivity index (χ0) is 18.6. The van der Waals surface area contributed by atoms with Crippen LogP contribution >= 0.6 is 0 Å². The number of benzene rings is 2. The van der Waals surface area contributed by atoms with Gasteiger partial charge in [0.25, 0.3) is 12.5 Å². The molecule has 1 aliphatic rings. The van der Waals surface area contributed by atoms with Crippen LogP contribution in [-0.2, 0) is 5.41 Å². The Morgan fingerprint density at radius 2 is 1.23 bits per heavy atom. The highest BCUT2D eigenvalue weighted by molar-refractivity contribution is 5.50. The fraction of sp³-hybridized carbons (Fsp3) is 0.364. The van der Waals surface area contributed by atoms with Crippen molar-refractivity contribution < 1.29 is 9.47 Å². The fourth-order valence-corrected chi connectivity index (χ4v) is 4.42. The number of aryl methyl sites for hydroxylation is 2. The van der Waals surface area contributed by atoms with E-state index < -0.39 is 0 Å². The minimum absolute atomic E-state index is 0.0528. The van der Waals surface area contributed by atoms with E-state index in [-0.39, 0.29) is 5.41 Å². The summed E-state index contributed by atoms with van der Waals surface area (Å²) in [4.78, 5) is 0. The van der Waals surface area contributed by atoms with Gasteiger partial charge in [0.2, 0.25) is 0 Å². The Morgan fingerprint density at radius 1 is 0.769 bits per heavy atom.